The highest BCUT2D eigenvalue weighted by Crippen LogP contribution is 1.80. The zero-order valence-corrected chi connectivity index (χ0v) is 6.97. The Balaban J connectivity index is 0. The molecule has 1 atom stereocenters. The fraction of sp³-hybridized carbons (Fsp3) is 0.667. The maximum atomic E-state index is 9.76. The molecule has 0 aliphatic heterocycles. The highest BCUT2D eigenvalue weighted by atomic mass is 32.1. The number of carbonyl (C=O) groups is 1. The van der Waals surface area contributed by atoms with Crippen molar-refractivity contribution >= 4 is 30.1 Å². The van der Waals surface area contributed by atoms with E-state index in [0.29, 0.717) is 0 Å². The summed E-state index contributed by atoms with van der Waals surface area (Å²) in [6.45, 7) is 0. The molecule has 0 bridgehead atoms. The third-order valence-corrected chi connectivity index (χ3v) is 0.907. The summed E-state index contributed by atoms with van der Waals surface area (Å²) in [5.41, 5.74) is 4.94. The van der Waals surface area contributed by atoms with Crippen molar-refractivity contribution in [1.29, 1.82) is 4.78 Å². The van der Waals surface area contributed by atoms with Gasteiger partial charge in [0.05, 0.1) is 0 Å². The Kier molecular flexibility index (Phi) is 10.8. The lowest BCUT2D eigenvalue weighted by Crippen LogP contribution is -2.31. The van der Waals surface area contributed by atoms with Gasteiger partial charge >= 0.3 is 5.97 Å². The average Bonchev–Trinajstić information content (AvgIpc) is 1.88. The molecule has 0 aliphatic carbocycles. The quantitative estimate of drug-likeness (QED) is 0.405. The molecule has 0 saturated heterocycles. The Hall–Kier alpha value is -0.270. The highest BCUT2D eigenvalue weighted by Gasteiger charge is 2.06. The molecule has 0 spiro atoms. The zero-order valence-electron chi connectivity index (χ0n) is 5.07. The van der Waals surface area contributed by atoms with Gasteiger partial charge in [-0.3, -0.25) is 13.8 Å². The number of hydrogen-bond donors (Lipinski definition) is 4. The summed E-state index contributed by atoms with van der Waals surface area (Å²) in [6, 6.07) is -0.816. The Morgan fingerprint density at radius 2 is 2.20 bits per heavy atom. The second-order valence-corrected chi connectivity index (χ2v) is 1.80. The lowest BCUT2D eigenvalue weighted by atomic mass is 10.4. The summed E-state index contributed by atoms with van der Waals surface area (Å²) >= 11 is 2.73. The van der Waals surface area contributed by atoms with Crippen LogP contribution in [0.4, 0.5) is 0 Å². The summed E-state index contributed by atoms with van der Waals surface area (Å²) in [5, 5.41) is 8.01. The number of thiol groups is 1. The van der Waals surface area contributed by atoms with Crippen LogP contribution >= 0.6 is 12.6 Å². The minimum Gasteiger partial charge on any atom is -0.480 e. The van der Waals surface area contributed by atoms with Crippen LogP contribution in [0.5, 0.6) is 0 Å². The Bertz CT molecular complexity index is 134. The molecule has 0 aromatic carbocycles. The maximum absolute atomic E-state index is 9.76. The molecule has 10 heavy (non-hydrogen) atoms. The molecule has 5 nitrogen and oxygen atoms in total. The van der Waals surface area contributed by atoms with Crippen LogP contribution in [0.2, 0.25) is 0 Å². The molecule has 0 heterocycles. The minimum absolute atomic E-state index is 0.190. The van der Waals surface area contributed by atoms with Crippen LogP contribution in [0.25, 0.3) is 0 Å². The third-order valence-electron chi connectivity index (χ3n) is 0.514. The first-order valence-corrected chi connectivity index (χ1v) is 3.77. The molecular weight excluding hydrogens is 176 g/mol. The Morgan fingerprint density at radius 3 is 2.20 bits per heavy atom. The molecule has 0 aliphatic rings. The van der Waals surface area contributed by atoms with Gasteiger partial charge in [0.1, 0.15) is 6.04 Å². The predicted molar refractivity (Wildman–Crippen MR) is 43.1 cm³/mol. The topological polar surface area (TPSA) is 104 Å². The van der Waals surface area contributed by atoms with Crippen molar-refractivity contribution in [2.24, 2.45) is 5.73 Å². The highest BCUT2D eigenvalue weighted by molar-refractivity contribution is 7.80. The van der Waals surface area contributed by atoms with Crippen molar-refractivity contribution in [1.82, 2.24) is 0 Å². The molecule has 4 N–H and O–H groups in total. The first-order chi connectivity index (χ1) is 4.59. The van der Waals surface area contributed by atoms with Gasteiger partial charge in [0.25, 0.3) is 0 Å². The Labute approximate surface area is 67.1 Å². The molecule has 62 valence electrons. The van der Waals surface area contributed by atoms with Crippen LogP contribution in [0.15, 0.2) is 0 Å². The van der Waals surface area contributed by atoms with Crippen LogP contribution in [0.1, 0.15) is 0 Å². The van der Waals surface area contributed by atoms with Gasteiger partial charge in [0.2, 0.25) is 0 Å². The number of nitrogens with two attached hydrogens (primary N) is 1. The van der Waals surface area contributed by atoms with Crippen molar-refractivity contribution in [3.8, 4) is 0 Å². The van der Waals surface area contributed by atoms with E-state index >= 15 is 0 Å². The van der Waals surface area contributed by atoms with E-state index in [1.807, 2.05) is 0 Å². The Morgan fingerprint density at radius 1 is 1.90 bits per heavy atom. The van der Waals surface area contributed by atoms with Gasteiger partial charge in [-0.05, 0) is 0 Å². The summed E-state index contributed by atoms with van der Waals surface area (Å²) < 4.78 is 14.3. The van der Waals surface area contributed by atoms with Crippen molar-refractivity contribution < 1.29 is 14.1 Å². The second-order valence-electron chi connectivity index (χ2n) is 1.23. The van der Waals surface area contributed by atoms with Gasteiger partial charge in [0.15, 0.2) is 0 Å². The number of carboxylic acid groups (broad SMARTS) is 1. The van der Waals surface area contributed by atoms with E-state index in [-0.39, 0.29) is 5.75 Å². The standard InChI is InChI=1S/C3H7NO2S.H3NOS/c4-2(1-7)3(5)6;1-3-2/h2,7H,1,4H2,(H,5,6);1H,3H2. The summed E-state index contributed by atoms with van der Waals surface area (Å²) in [4.78, 5) is 9.76. The van der Waals surface area contributed by atoms with Gasteiger partial charge in [-0.25, -0.2) is 0 Å². The summed E-state index contributed by atoms with van der Waals surface area (Å²) in [7, 11) is 0. The molecular formula is C3H10N2O3S2. The van der Waals surface area contributed by atoms with E-state index in [0.717, 1.165) is 0 Å². The van der Waals surface area contributed by atoms with Gasteiger partial charge in [-0.2, -0.15) is 12.6 Å². The molecule has 0 aromatic heterocycles. The molecule has 0 amide bonds. The van der Waals surface area contributed by atoms with E-state index in [1.54, 1.807) is 0 Å². The van der Waals surface area contributed by atoms with Crippen molar-refractivity contribution in [3.05, 3.63) is 0 Å². The fourth-order valence-corrected chi connectivity index (χ4v) is 0.234. The number of hydrogen-bond acceptors (Lipinski definition) is 5. The molecule has 0 fully saturated rings. The van der Waals surface area contributed by atoms with Gasteiger partial charge < -0.3 is 10.8 Å². The maximum Gasteiger partial charge on any atom is 0.321 e. The van der Waals surface area contributed by atoms with Crippen LogP contribution in [-0.2, 0) is 16.3 Å². The number of aliphatic carboxylic acids is 1. The number of carboxylic acids is 1. The predicted octanol–water partition coefficient (Wildman–Crippen LogP) is -1.25. The zero-order chi connectivity index (χ0) is 8.57. The first kappa shape index (κ1) is 12.4. The summed E-state index contributed by atoms with van der Waals surface area (Å²) in [6.07, 6.45) is 0. The average molecular weight is 186 g/mol. The largest absolute Gasteiger partial charge is 0.480 e. The normalized spacial score (nSPS) is 12.2. The molecule has 1 unspecified atom stereocenters. The van der Waals surface area contributed by atoms with E-state index in [2.05, 4.69) is 12.6 Å². The monoisotopic (exact) mass is 186 g/mol. The smallest absolute Gasteiger partial charge is 0.321 e. The van der Waals surface area contributed by atoms with E-state index in [1.165, 1.54) is 0 Å². The second kappa shape index (κ2) is 8.73. The van der Waals surface area contributed by atoms with Crippen LogP contribution in [0.3, 0.4) is 0 Å². The van der Waals surface area contributed by atoms with Crippen LogP contribution in [-0.4, -0.2) is 27.1 Å². The molecule has 0 saturated carbocycles. The van der Waals surface area contributed by atoms with Crippen molar-refractivity contribution in [3.63, 3.8) is 0 Å². The van der Waals surface area contributed by atoms with Gasteiger partial charge in [-0.1, -0.05) is 0 Å². The number of nitrogens with one attached hydrogen (secondary N) is 1. The third kappa shape index (κ3) is 10.7. The van der Waals surface area contributed by atoms with E-state index in [9.17, 15) is 4.79 Å². The molecule has 7 heteroatoms. The van der Waals surface area contributed by atoms with Gasteiger partial charge in [-0.15, -0.1) is 0 Å². The van der Waals surface area contributed by atoms with Crippen molar-refractivity contribution in [2.45, 2.75) is 6.04 Å². The first-order valence-electron chi connectivity index (χ1n) is 2.23. The van der Waals surface area contributed by atoms with Crippen molar-refractivity contribution in [2.75, 3.05) is 5.75 Å². The SMILES string of the molecule is N=[SH2]=O.NC(CS)C(=O)O. The number of rotatable bonds is 2. The molecule has 0 aromatic rings. The minimum atomic E-state index is -1.00. The van der Waals surface area contributed by atoms with E-state index < -0.39 is 23.5 Å². The lowest BCUT2D eigenvalue weighted by Gasteiger charge is -1.96. The van der Waals surface area contributed by atoms with E-state index in [4.69, 9.17) is 19.8 Å². The summed E-state index contributed by atoms with van der Waals surface area (Å²) in [5.74, 6) is -0.815. The fourth-order valence-electron chi connectivity index (χ4n) is 0.0781. The molecule has 0 radical (unpaired) electrons. The lowest BCUT2D eigenvalue weighted by molar-refractivity contribution is -0.137. The van der Waals surface area contributed by atoms with Crippen LogP contribution < -0.4 is 5.73 Å². The van der Waals surface area contributed by atoms with Crippen LogP contribution in [0, 0.1) is 4.78 Å². The van der Waals surface area contributed by atoms with Gasteiger partial charge in [0, 0.05) is 17.2 Å². The molecule has 0 rings (SSSR count).